The quantitative estimate of drug-likeness (QED) is 0.840. The molecule has 26 heavy (non-hydrogen) atoms. The van der Waals surface area contributed by atoms with Crippen LogP contribution in [0.1, 0.15) is 23.6 Å². The first kappa shape index (κ1) is 18.1. The van der Waals surface area contributed by atoms with Crippen molar-refractivity contribution in [2.24, 2.45) is 4.99 Å². The largest absolute Gasteiger partial charge is 0.354 e. The number of hydrogen-bond donors (Lipinski definition) is 2. The number of amides is 1. The summed E-state index contributed by atoms with van der Waals surface area (Å²) >= 11 is 0. The fourth-order valence-corrected chi connectivity index (χ4v) is 4.08. The highest BCUT2D eigenvalue weighted by molar-refractivity contribution is 7.90. The van der Waals surface area contributed by atoms with Crippen LogP contribution in [-0.2, 0) is 21.2 Å². The molecule has 1 amide bonds. The molecule has 1 aliphatic rings. The first-order valence-corrected chi connectivity index (χ1v) is 9.89. The van der Waals surface area contributed by atoms with Crippen LogP contribution in [0, 0.1) is 6.92 Å². The molecule has 0 aromatic heterocycles. The summed E-state index contributed by atoms with van der Waals surface area (Å²) in [6.45, 7) is 4.18. The lowest BCUT2D eigenvalue weighted by molar-refractivity contribution is -0.121. The number of aliphatic imine (C=N–C) groups is 1. The first-order valence-electron chi connectivity index (χ1n) is 8.41. The molecule has 0 spiro atoms. The molecule has 0 saturated carbocycles. The van der Waals surface area contributed by atoms with Crippen molar-refractivity contribution >= 4 is 21.8 Å². The standard InChI is InChI=1S/C19H21N3O3S/c1-13-7-3-4-8-15(13)11-12-20-19(23)14(2)21-18-16-9-5-6-10-17(16)26(24,25)22-18/h3-10,14H,11-12H2,1-2H3,(H,20,23)(H,21,22). The van der Waals surface area contributed by atoms with E-state index in [1.54, 1.807) is 25.1 Å². The van der Waals surface area contributed by atoms with E-state index in [1.165, 1.54) is 17.2 Å². The van der Waals surface area contributed by atoms with Gasteiger partial charge in [-0.2, -0.15) is 0 Å². The highest BCUT2D eigenvalue weighted by Gasteiger charge is 2.31. The Bertz CT molecular complexity index is 967. The van der Waals surface area contributed by atoms with Gasteiger partial charge in [0.1, 0.15) is 11.9 Å². The van der Waals surface area contributed by atoms with Crippen LogP contribution in [0.2, 0.25) is 0 Å². The highest BCUT2D eigenvalue weighted by atomic mass is 32.2. The third-order valence-electron chi connectivity index (χ3n) is 4.32. The van der Waals surface area contributed by atoms with Crippen LogP contribution < -0.4 is 10.0 Å². The Hall–Kier alpha value is -2.67. The Morgan fingerprint density at radius 2 is 1.85 bits per heavy atom. The fourth-order valence-electron chi connectivity index (χ4n) is 2.84. The van der Waals surface area contributed by atoms with E-state index in [-0.39, 0.29) is 16.6 Å². The van der Waals surface area contributed by atoms with Crippen molar-refractivity contribution in [3.63, 3.8) is 0 Å². The van der Waals surface area contributed by atoms with Crippen molar-refractivity contribution < 1.29 is 13.2 Å². The average molecular weight is 371 g/mol. The molecule has 1 unspecified atom stereocenters. The van der Waals surface area contributed by atoms with Crippen LogP contribution in [0.4, 0.5) is 0 Å². The Balaban J connectivity index is 1.65. The van der Waals surface area contributed by atoms with E-state index in [0.29, 0.717) is 12.1 Å². The second-order valence-electron chi connectivity index (χ2n) is 6.22. The Labute approximate surface area is 153 Å². The number of amidine groups is 1. The van der Waals surface area contributed by atoms with Crippen LogP contribution in [-0.4, -0.2) is 32.7 Å². The number of aryl methyl sites for hydroxylation is 1. The molecule has 1 atom stereocenters. The van der Waals surface area contributed by atoms with Crippen LogP contribution in [0.25, 0.3) is 0 Å². The van der Waals surface area contributed by atoms with E-state index in [2.05, 4.69) is 15.0 Å². The van der Waals surface area contributed by atoms with Gasteiger partial charge in [0.2, 0.25) is 5.91 Å². The van der Waals surface area contributed by atoms with Crippen molar-refractivity contribution in [3.8, 4) is 0 Å². The lowest BCUT2D eigenvalue weighted by Crippen LogP contribution is -2.35. The number of carbonyl (C=O) groups excluding carboxylic acids is 1. The van der Waals surface area contributed by atoms with Gasteiger partial charge in [0, 0.05) is 12.1 Å². The molecule has 1 heterocycles. The van der Waals surface area contributed by atoms with Gasteiger partial charge < -0.3 is 5.32 Å². The van der Waals surface area contributed by atoms with E-state index < -0.39 is 16.1 Å². The van der Waals surface area contributed by atoms with E-state index in [0.717, 1.165) is 6.42 Å². The molecule has 0 saturated heterocycles. The molecule has 1 aliphatic heterocycles. The Morgan fingerprint density at radius 1 is 1.15 bits per heavy atom. The lowest BCUT2D eigenvalue weighted by atomic mass is 10.1. The van der Waals surface area contributed by atoms with Crippen LogP contribution in [0.15, 0.2) is 58.4 Å². The third-order valence-corrected chi connectivity index (χ3v) is 5.72. The molecule has 2 aromatic rings. The molecule has 6 nitrogen and oxygen atoms in total. The average Bonchev–Trinajstić information content (AvgIpc) is 2.87. The van der Waals surface area contributed by atoms with E-state index in [4.69, 9.17) is 0 Å². The van der Waals surface area contributed by atoms with Crippen molar-refractivity contribution in [1.29, 1.82) is 0 Å². The maximum absolute atomic E-state index is 12.3. The topological polar surface area (TPSA) is 87.6 Å². The van der Waals surface area contributed by atoms with Gasteiger partial charge in [-0.05, 0) is 43.5 Å². The molecule has 2 aromatic carbocycles. The summed E-state index contributed by atoms with van der Waals surface area (Å²) in [4.78, 5) is 16.7. The molecule has 0 fully saturated rings. The number of benzene rings is 2. The maximum atomic E-state index is 12.3. The molecule has 2 N–H and O–H groups in total. The number of nitrogens with one attached hydrogen (secondary N) is 2. The minimum Gasteiger partial charge on any atom is -0.354 e. The number of hydrogen-bond acceptors (Lipinski definition) is 4. The zero-order chi connectivity index (χ0) is 18.7. The summed E-state index contributed by atoms with van der Waals surface area (Å²) in [7, 11) is -3.60. The Morgan fingerprint density at radius 3 is 2.62 bits per heavy atom. The molecule has 7 heteroatoms. The maximum Gasteiger partial charge on any atom is 0.263 e. The highest BCUT2D eigenvalue weighted by Crippen LogP contribution is 2.22. The molecular weight excluding hydrogens is 350 g/mol. The summed E-state index contributed by atoms with van der Waals surface area (Å²) in [5.74, 6) is -0.0307. The second kappa shape index (κ2) is 7.29. The van der Waals surface area contributed by atoms with E-state index >= 15 is 0 Å². The fraction of sp³-hybridized carbons (Fsp3) is 0.263. The molecule has 0 bridgehead atoms. The molecule has 0 radical (unpaired) electrons. The minimum atomic E-state index is -3.60. The van der Waals surface area contributed by atoms with Gasteiger partial charge in [-0.3, -0.25) is 14.5 Å². The predicted octanol–water partition coefficient (Wildman–Crippen LogP) is 1.78. The SMILES string of the molecule is Cc1ccccc1CCNC(=O)C(C)N=C1NS(=O)(=O)c2ccccc21. The zero-order valence-electron chi connectivity index (χ0n) is 14.7. The molecular formula is C19H21N3O3S. The van der Waals surface area contributed by atoms with Crippen molar-refractivity contribution in [2.75, 3.05) is 6.54 Å². The van der Waals surface area contributed by atoms with Gasteiger partial charge in [0.05, 0.1) is 4.90 Å². The number of carbonyl (C=O) groups is 1. The van der Waals surface area contributed by atoms with Gasteiger partial charge in [0.25, 0.3) is 10.0 Å². The lowest BCUT2D eigenvalue weighted by Gasteiger charge is -2.10. The predicted molar refractivity (Wildman–Crippen MR) is 101 cm³/mol. The summed E-state index contributed by atoms with van der Waals surface area (Å²) in [5, 5.41) is 2.85. The number of fused-ring (bicyclic) bond motifs is 1. The molecule has 136 valence electrons. The van der Waals surface area contributed by atoms with Crippen molar-refractivity contribution in [2.45, 2.75) is 31.2 Å². The summed E-state index contributed by atoms with van der Waals surface area (Å²) in [5.41, 5.74) is 2.86. The molecule has 0 aliphatic carbocycles. The van der Waals surface area contributed by atoms with Gasteiger partial charge in [0.15, 0.2) is 0 Å². The van der Waals surface area contributed by atoms with E-state index in [1.807, 2.05) is 31.2 Å². The number of nitrogens with zero attached hydrogens (tertiary/aromatic N) is 1. The van der Waals surface area contributed by atoms with Crippen molar-refractivity contribution in [3.05, 3.63) is 65.2 Å². The summed E-state index contributed by atoms with van der Waals surface area (Å²) in [6.07, 6.45) is 0.733. The summed E-state index contributed by atoms with van der Waals surface area (Å²) < 4.78 is 26.6. The van der Waals surface area contributed by atoms with Gasteiger partial charge >= 0.3 is 0 Å². The first-order chi connectivity index (χ1) is 12.4. The summed E-state index contributed by atoms with van der Waals surface area (Å²) in [6, 6.07) is 13.9. The number of sulfonamides is 1. The Kier molecular flexibility index (Phi) is 5.08. The zero-order valence-corrected chi connectivity index (χ0v) is 15.5. The monoisotopic (exact) mass is 371 g/mol. The van der Waals surface area contributed by atoms with Gasteiger partial charge in [-0.25, -0.2) is 8.42 Å². The van der Waals surface area contributed by atoms with Crippen LogP contribution in [0.5, 0.6) is 0 Å². The number of rotatable bonds is 5. The second-order valence-corrected chi connectivity index (χ2v) is 7.87. The van der Waals surface area contributed by atoms with Crippen molar-refractivity contribution in [1.82, 2.24) is 10.0 Å². The normalized spacial score (nSPS) is 17.4. The van der Waals surface area contributed by atoms with Gasteiger partial charge in [-0.15, -0.1) is 0 Å². The minimum absolute atomic E-state index is 0.186. The third kappa shape index (κ3) is 3.77. The smallest absolute Gasteiger partial charge is 0.263 e. The molecule has 3 rings (SSSR count). The van der Waals surface area contributed by atoms with Gasteiger partial charge in [-0.1, -0.05) is 36.4 Å². The van der Waals surface area contributed by atoms with E-state index in [9.17, 15) is 13.2 Å². The van der Waals surface area contributed by atoms with Crippen LogP contribution in [0.3, 0.4) is 0 Å². The van der Waals surface area contributed by atoms with Crippen LogP contribution >= 0.6 is 0 Å².